The van der Waals surface area contributed by atoms with Crippen molar-refractivity contribution >= 4 is 41.3 Å². The predicted octanol–water partition coefficient (Wildman–Crippen LogP) is 2.78. The molecule has 2 N–H and O–H groups in total. The summed E-state index contributed by atoms with van der Waals surface area (Å²) in [5.74, 6) is 1.56. The molecule has 0 aliphatic carbocycles. The van der Waals surface area contributed by atoms with Gasteiger partial charge in [-0.2, -0.15) is 0 Å². The second kappa shape index (κ2) is 12.9. The van der Waals surface area contributed by atoms with E-state index in [1.807, 2.05) is 11.3 Å². The zero-order chi connectivity index (χ0) is 16.3. The summed E-state index contributed by atoms with van der Waals surface area (Å²) in [7, 11) is 1.72. The van der Waals surface area contributed by atoms with Gasteiger partial charge in [0.2, 0.25) is 0 Å². The van der Waals surface area contributed by atoms with Crippen molar-refractivity contribution in [3.63, 3.8) is 0 Å². The van der Waals surface area contributed by atoms with Crippen LogP contribution in [0, 0.1) is 5.92 Å². The molecule has 0 aromatic carbocycles. The second-order valence-electron chi connectivity index (χ2n) is 5.96. The van der Waals surface area contributed by atoms with Gasteiger partial charge in [-0.1, -0.05) is 6.07 Å². The van der Waals surface area contributed by atoms with Gasteiger partial charge in [-0.25, -0.2) is 0 Å². The number of methoxy groups -OCH3 is 1. The van der Waals surface area contributed by atoms with E-state index in [-0.39, 0.29) is 24.0 Å². The minimum atomic E-state index is 0. The summed E-state index contributed by atoms with van der Waals surface area (Å²) in [5, 5.41) is 8.77. The van der Waals surface area contributed by atoms with Crippen LogP contribution in [0.15, 0.2) is 22.5 Å². The average Bonchev–Trinajstić information content (AvgIpc) is 3.06. The fourth-order valence-electron chi connectivity index (χ4n) is 2.90. The van der Waals surface area contributed by atoms with Crippen LogP contribution in [0.2, 0.25) is 0 Å². The molecular formula is C17H31IN4OS. The first kappa shape index (κ1) is 21.7. The normalized spacial score (nSPS) is 18.9. The van der Waals surface area contributed by atoms with Crippen molar-refractivity contribution in [2.24, 2.45) is 10.9 Å². The van der Waals surface area contributed by atoms with E-state index in [1.165, 1.54) is 24.3 Å². The second-order valence-corrected chi connectivity index (χ2v) is 6.99. The fraction of sp³-hybridized carbons (Fsp3) is 0.706. The summed E-state index contributed by atoms with van der Waals surface area (Å²) >= 11 is 1.85. The van der Waals surface area contributed by atoms with Crippen LogP contribution in [0.3, 0.4) is 0 Å². The lowest BCUT2D eigenvalue weighted by Gasteiger charge is -2.31. The van der Waals surface area contributed by atoms with Gasteiger partial charge >= 0.3 is 0 Å². The number of guanidine groups is 1. The number of rotatable bonds is 8. The van der Waals surface area contributed by atoms with Crippen LogP contribution in [0.4, 0.5) is 0 Å². The molecule has 0 spiro atoms. The summed E-state index contributed by atoms with van der Waals surface area (Å²) < 4.78 is 5.08. The van der Waals surface area contributed by atoms with Gasteiger partial charge in [0.1, 0.15) is 0 Å². The van der Waals surface area contributed by atoms with Gasteiger partial charge in [-0.05, 0) is 43.7 Å². The van der Waals surface area contributed by atoms with Crippen molar-refractivity contribution in [3.8, 4) is 0 Å². The van der Waals surface area contributed by atoms with Crippen molar-refractivity contribution in [1.29, 1.82) is 0 Å². The quantitative estimate of drug-likeness (QED) is 0.268. The van der Waals surface area contributed by atoms with Crippen molar-refractivity contribution < 1.29 is 4.74 Å². The number of piperidine rings is 1. The molecule has 5 nitrogen and oxygen atoms in total. The molecule has 24 heavy (non-hydrogen) atoms. The first-order chi connectivity index (χ1) is 11.3. The number of likely N-dealkylation sites (tertiary alicyclic amines) is 1. The van der Waals surface area contributed by atoms with Crippen molar-refractivity contribution in [1.82, 2.24) is 15.5 Å². The van der Waals surface area contributed by atoms with E-state index in [9.17, 15) is 0 Å². The highest BCUT2D eigenvalue weighted by Crippen LogP contribution is 2.20. The number of ether oxygens (including phenoxy) is 1. The number of hydrogen-bond acceptors (Lipinski definition) is 4. The Morgan fingerprint density at radius 1 is 1.46 bits per heavy atom. The van der Waals surface area contributed by atoms with Crippen molar-refractivity contribution in [3.05, 3.63) is 22.4 Å². The van der Waals surface area contributed by atoms with Crippen LogP contribution in [0.5, 0.6) is 0 Å². The smallest absolute Gasteiger partial charge is 0.191 e. The van der Waals surface area contributed by atoms with Gasteiger partial charge in [0.05, 0.1) is 6.61 Å². The topological polar surface area (TPSA) is 48.9 Å². The van der Waals surface area contributed by atoms with Crippen molar-refractivity contribution in [2.75, 3.05) is 46.4 Å². The lowest BCUT2D eigenvalue weighted by atomic mass is 9.98. The minimum absolute atomic E-state index is 0. The third kappa shape index (κ3) is 8.13. The molecule has 0 amide bonds. The number of thiophene rings is 1. The van der Waals surface area contributed by atoms with E-state index in [1.54, 1.807) is 7.11 Å². The maximum Gasteiger partial charge on any atom is 0.191 e. The van der Waals surface area contributed by atoms with Gasteiger partial charge in [0.25, 0.3) is 0 Å². The summed E-state index contributed by atoms with van der Waals surface area (Å²) in [5.41, 5.74) is 0. The molecule has 1 aromatic heterocycles. The average molecular weight is 466 g/mol. The SMILES string of the molecule is CCNC(=NCC1CCCN(Cc2cccs2)C1)NCCOC.I. The van der Waals surface area contributed by atoms with Crippen LogP contribution in [-0.2, 0) is 11.3 Å². The van der Waals surface area contributed by atoms with Gasteiger partial charge in [-0.15, -0.1) is 35.3 Å². The fourth-order valence-corrected chi connectivity index (χ4v) is 3.65. The molecule has 1 aliphatic heterocycles. The molecule has 0 bridgehead atoms. The first-order valence-corrected chi connectivity index (χ1v) is 9.45. The Labute approximate surface area is 167 Å². The van der Waals surface area contributed by atoms with E-state index in [0.717, 1.165) is 38.7 Å². The molecule has 0 saturated carbocycles. The number of halogens is 1. The third-order valence-electron chi connectivity index (χ3n) is 4.01. The van der Waals surface area contributed by atoms with Crippen LogP contribution in [0.1, 0.15) is 24.6 Å². The van der Waals surface area contributed by atoms with E-state index >= 15 is 0 Å². The zero-order valence-corrected chi connectivity index (χ0v) is 17.9. The Bertz CT molecular complexity index is 455. The predicted molar refractivity (Wildman–Crippen MR) is 114 cm³/mol. The molecule has 1 atom stereocenters. The molecule has 1 aliphatic rings. The van der Waals surface area contributed by atoms with Crippen LogP contribution >= 0.6 is 35.3 Å². The Morgan fingerprint density at radius 2 is 2.33 bits per heavy atom. The van der Waals surface area contributed by atoms with E-state index < -0.39 is 0 Å². The Kier molecular flexibility index (Phi) is 11.7. The zero-order valence-electron chi connectivity index (χ0n) is 14.8. The molecule has 1 fully saturated rings. The van der Waals surface area contributed by atoms with Crippen LogP contribution in [0.25, 0.3) is 0 Å². The number of nitrogens with zero attached hydrogens (tertiary/aromatic N) is 2. The first-order valence-electron chi connectivity index (χ1n) is 8.57. The van der Waals surface area contributed by atoms with Gasteiger partial charge < -0.3 is 15.4 Å². The highest BCUT2D eigenvalue weighted by molar-refractivity contribution is 14.0. The number of aliphatic imine (C=N–C) groups is 1. The Morgan fingerprint density at radius 3 is 3.04 bits per heavy atom. The maximum atomic E-state index is 5.08. The summed E-state index contributed by atoms with van der Waals surface area (Å²) in [6, 6.07) is 4.37. The van der Waals surface area contributed by atoms with E-state index in [0.29, 0.717) is 12.5 Å². The molecule has 2 rings (SSSR count). The Hall–Kier alpha value is -0.380. The lowest BCUT2D eigenvalue weighted by molar-refractivity contribution is 0.172. The van der Waals surface area contributed by atoms with Crippen LogP contribution < -0.4 is 10.6 Å². The molecule has 1 saturated heterocycles. The Balaban J connectivity index is 0.00000288. The summed E-state index contributed by atoms with van der Waals surface area (Å²) in [6.07, 6.45) is 2.56. The minimum Gasteiger partial charge on any atom is -0.383 e. The summed E-state index contributed by atoms with van der Waals surface area (Å²) in [6.45, 7) is 8.81. The standard InChI is InChI=1S/C17H30N4OS.HI/c1-3-18-17(19-8-10-22-2)20-12-15-6-4-9-21(13-15)14-16-7-5-11-23-16;/h5,7,11,15H,3-4,6,8-10,12-14H2,1-2H3,(H2,18,19,20);1H. The monoisotopic (exact) mass is 466 g/mol. The van der Waals surface area contributed by atoms with Crippen molar-refractivity contribution in [2.45, 2.75) is 26.3 Å². The highest BCUT2D eigenvalue weighted by Gasteiger charge is 2.20. The third-order valence-corrected chi connectivity index (χ3v) is 4.87. The number of nitrogens with one attached hydrogen (secondary N) is 2. The molecule has 2 heterocycles. The van der Waals surface area contributed by atoms with E-state index in [4.69, 9.17) is 9.73 Å². The molecule has 7 heteroatoms. The van der Waals surface area contributed by atoms with Gasteiger partial charge in [0, 0.05) is 44.7 Å². The lowest BCUT2D eigenvalue weighted by Crippen LogP contribution is -2.40. The summed E-state index contributed by atoms with van der Waals surface area (Å²) in [4.78, 5) is 8.79. The largest absolute Gasteiger partial charge is 0.383 e. The van der Waals surface area contributed by atoms with Gasteiger partial charge in [0.15, 0.2) is 5.96 Å². The molecule has 1 unspecified atom stereocenters. The van der Waals surface area contributed by atoms with E-state index in [2.05, 4.69) is 40.0 Å². The molecule has 138 valence electrons. The van der Waals surface area contributed by atoms with Gasteiger partial charge in [-0.3, -0.25) is 9.89 Å². The molecule has 0 radical (unpaired) electrons. The van der Waals surface area contributed by atoms with Crippen LogP contribution in [-0.4, -0.2) is 57.3 Å². The maximum absolute atomic E-state index is 5.08. The molecular weight excluding hydrogens is 435 g/mol. The highest BCUT2D eigenvalue weighted by atomic mass is 127. The number of hydrogen-bond donors (Lipinski definition) is 2. The molecule has 1 aromatic rings.